The molecule has 0 bridgehead atoms. The maximum Gasteiger partial charge on any atom is 0.0909 e. The monoisotopic (exact) mass is 239 g/mol. The van der Waals surface area contributed by atoms with Gasteiger partial charge in [0.1, 0.15) is 0 Å². The van der Waals surface area contributed by atoms with Gasteiger partial charge in [0.25, 0.3) is 0 Å². The van der Waals surface area contributed by atoms with Crippen LogP contribution in [0.15, 0.2) is 46.6 Å². The molecule has 0 heterocycles. The zero-order valence-electron chi connectivity index (χ0n) is 10.9. The van der Waals surface area contributed by atoms with E-state index in [4.69, 9.17) is 5.73 Å². The first kappa shape index (κ1) is 12.3. The Labute approximate surface area is 107 Å². The molecule has 0 amide bonds. The first-order valence-electron chi connectivity index (χ1n) is 5.91. The van der Waals surface area contributed by atoms with Gasteiger partial charge in [0, 0.05) is 5.69 Å². The van der Waals surface area contributed by atoms with Crippen LogP contribution in [0.3, 0.4) is 0 Å². The molecule has 2 rings (SSSR count). The lowest BCUT2D eigenvalue weighted by Crippen LogP contribution is -1.90. The SMILES string of the molecule is Cc1ccc(N=Nc2cc(C)cc(N)c2C)cc1. The molecule has 2 aromatic carbocycles. The molecule has 3 heteroatoms. The Morgan fingerprint density at radius 2 is 1.50 bits per heavy atom. The van der Waals surface area contributed by atoms with Crippen molar-refractivity contribution >= 4 is 17.1 Å². The van der Waals surface area contributed by atoms with Crippen LogP contribution in [0.25, 0.3) is 0 Å². The highest BCUT2D eigenvalue weighted by atomic mass is 15.1. The average Bonchev–Trinajstić information content (AvgIpc) is 2.34. The average molecular weight is 239 g/mol. The van der Waals surface area contributed by atoms with Crippen LogP contribution in [0.2, 0.25) is 0 Å². The van der Waals surface area contributed by atoms with Crippen LogP contribution in [0, 0.1) is 20.8 Å². The van der Waals surface area contributed by atoms with Crippen molar-refractivity contribution in [1.29, 1.82) is 0 Å². The number of rotatable bonds is 2. The second-order valence-corrected chi connectivity index (χ2v) is 4.53. The molecule has 92 valence electrons. The van der Waals surface area contributed by atoms with Gasteiger partial charge in [-0.1, -0.05) is 17.7 Å². The molecule has 0 radical (unpaired) electrons. The van der Waals surface area contributed by atoms with Gasteiger partial charge < -0.3 is 5.73 Å². The smallest absolute Gasteiger partial charge is 0.0909 e. The summed E-state index contributed by atoms with van der Waals surface area (Å²) in [5, 5.41) is 8.50. The molecule has 0 fully saturated rings. The van der Waals surface area contributed by atoms with Gasteiger partial charge in [0.2, 0.25) is 0 Å². The van der Waals surface area contributed by atoms with E-state index in [0.717, 1.165) is 28.2 Å². The van der Waals surface area contributed by atoms with Gasteiger partial charge >= 0.3 is 0 Å². The maximum absolute atomic E-state index is 5.91. The molecule has 2 aromatic rings. The van der Waals surface area contributed by atoms with Gasteiger partial charge in [-0.25, -0.2) is 0 Å². The van der Waals surface area contributed by atoms with Crippen LogP contribution in [-0.2, 0) is 0 Å². The summed E-state index contributed by atoms with van der Waals surface area (Å²) in [6, 6.07) is 11.9. The van der Waals surface area contributed by atoms with Gasteiger partial charge in [-0.15, -0.1) is 0 Å². The largest absolute Gasteiger partial charge is 0.398 e. The molecule has 0 aliphatic rings. The molecule has 0 atom stereocenters. The number of azo groups is 1. The lowest BCUT2D eigenvalue weighted by atomic mass is 10.1. The molecule has 0 spiro atoms. The van der Waals surface area contributed by atoms with Gasteiger partial charge in [-0.3, -0.25) is 0 Å². The molecule has 0 unspecified atom stereocenters. The molecule has 0 aromatic heterocycles. The fourth-order valence-corrected chi connectivity index (χ4v) is 1.69. The topological polar surface area (TPSA) is 50.7 Å². The summed E-state index contributed by atoms with van der Waals surface area (Å²) >= 11 is 0. The number of nitrogen functional groups attached to an aromatic ring is 1. The van der Waals surface area contributed by atoms with E-state index in [-0.39, 0.29) is 0 Å². The number of hydrogen-bond donors (Lipinski definition) is 1. The van der Waals surface area contributed by atoms with E-state index in [1.165, 1.54) is 5.56 Å². The van der Waals surface area contributed by atoms with E-state index >= 15 is 0 Å². The Balaban J connectivity index is 2.31. The Kier molecular flexibility index (Phi) is 3.42. The van der Waals surface area contributed by atoms with E-state index in [9.17, 15) is 0 Å². The van der Waals surface area contributed by atoms with Crippen LogP contribution in [0.1, 0.15) is 16.7 Å². The number of benzene rings is 2. The van der Waals surface area contributed by atoms with Crippen LogP contribution in [0.5, 0.6) is 0 Å². The second-order valence-electron chi connectivity index (χ2n) is 4.53. The first-order valence-corrected chi connectivity index (χ1v) is 5.91. The summed E-state index contributed by atoms with van der Waals surface area (Å²) < 4.78 is 0. The van der Waals surface area contributed by atoms with Crippen LogP contribution in [0.4, 0.5) is 17.1 Å². The highest BCUT2D eigenvalue weighted by molar-refractivity contribution is 5.61. The summed E-state index contributed by atoms with van der Waals surface area (Å²) in [6.45, 7) is 6.01. The molecule has 0 saturated heterocycles. The standard InChI is InChI=1S/C15H17N3/c1-10-4-6-13(7-5-10)17-18-15-9-11(2)8-14(16)12(15)3/h4-9H,16H2,1-3H3. The van der Waals surface area contributed by atoms with E-state index in [0.29, 0.717) is 0 Å². The molecular weight excluding hydrogens is 222 g/mol. The molecule has 2 N–H and O–H groups in total. The summed E-state index contributed by atoms with van der Waals surface area (Å²) in [4.78, 5) is 0. The van der Waals surface area contributed by atoms with Crippen molar-refractivity contribution in [2.24, 2.45) is 10.2 Å². The Morgan fingerprint density at radius 1 is 0.833 bits per heavy atom. The third kappa shape index (κ3) is 2.74. The van der Waals surface area contributed by atoms with Crippen LogP contribution >= 0.6 is 0 Å². The number of nitrogens with two attached hydrogens (primary N) is 1. The number of hydrogen-bond acceptors (Lipinski definition) is 3. The summed E-state index contributed by atoms with van der Waals surface area (Å²) in [7, 11) is 0. The molecule has 0 saturated carbocycles. The van der Waals surface area contributed by atoms with Crippen molar-refractivity contribution in [3.63, 3.8) is 0 Å². The minimum Gasteiger partial charge on any atom is -0.398 e. The van der Waals surface area contributed by atoms with E-state index in [1.807, 2.05) is 57.2 Å². The fourth-order valence-electron chi connectivity index (χ4n) is 1.69. The van der Waals surface area contributed by atoms with Crippen molar-refractivity contribution in [1.82, 2.24) is 0 Å². The zero-order chi connectivity index (χ0) is 13.1. The van der Waals surface area contributed by atoms with Crippen molar-refractivity contribution in [3.8, 4) is 0 Å². The number of nitrogens with zero attached hydrogens (tertiary/aromatic N) is 2. The van der Waals surface area contributed by atoms with Gasteiger partial charge in [0.15, 0.2) is 0 Å². The fraction of sp³-hybridized carbons (Fsp3) is 0.200. The zero-order valence-corrected chi connectivity index (χ0v) is 10.9. The quantitative estimate of drug-likeness (QED) is 0.603. The van der Waals surface area contributed by atoms with E-state index < -0.39 is 0 Å². The third-order valence-corrected chi connectivity index (χ3v) is 2.87. The second kappa shape index (κ2) is 5.00. The normalized spacial score (nSPS) is 11.1. The Morgan fingerprint density at radius 3 is 2.17 bits per heavy atom. The van der Waals surface area contributed by atoms with Crippen LogP contribution in [-0.4, -0.2) is 0 Å². The number of anilines is 1. The van der Waals surface area contributed by atoms with Gasteiger partial charge in [0.05, 0.1) is 11.4 Å². The predicted octanol–water partition coefficient (Wildman–Crippen LogP) is 4.61. The summed E-state index contributed by atoms with van der Waals surface area (Å²) in [5.74, 6) is 0. The highest BCUT2D eigenvalue weighted by Crippen LogP contribution is 2.27. The van der Waals surface area contributed by atoms with Crippen molar-refractivity contribution < 1.29 is 0 Å². The molecular formula is C15H17N3. The molecule has 3 nitrogen and oxygen atoms in total. The van der Waals surface area contributed by atoms with Gasteiger partial charge in [-0.2, -0.15) is 10.2 Å². The van der Waals surface area contributed by atoms with Crippen molar-refractivity contribution in [2.75, 3.05) is 5.73 Å². The Bertz CT molecular complexity index is 583. The van der Waals surface area contributed by atoms with Crippen molar-refractivity contribution in [2.45, 2.75) is 20.8 Å². The first-order chi connectivity index (χ1) is 8.56. The van der Waals surface area contributed by atoms with Crippen molar-refractivity contribution in [3.05, 3.63) is 53.1 Å². The molecule has 0 aliphatic carbocycles. The molecule has 0 aliphatic heterocycles. The maximum atomic E-state index is 5.91. The summed E-state index contributed by atoms with van der Waals surface area (Å²) in [5.41, 5.74) is 11.6. The lowest BCUT2D eigenvalue weighted by molar-refractivity contribution is 1.20. The highest BCUT2D eigenvalue weighted by Gasteiger charge is 2.02. The van der Waals surface area contributed by atoms with Gasteiger partial charge in [-0.05, 0) is 56.2 Å². The number of aryl methyl sites for hydroxylation is 2. The van der Waals surface area contributed by atoms with E-state index in [2.05, 4.69) is 10.2 Å². The Hall–Kier alpha value is -2.16. The molecule has 18 heavy (non-hydrogen) atoms. The predicted molar refractivity (Wildman–Crippen MR) is 75.7 cm³/mol. The lowest BCUT2D eigenvalue weighted by Gasteiger charge is -2.04. The third-order valence-electron chi connectivity index (χ3n) is 2.87. The van der Waals surface area contributed by atoms with Crippen LogP contribution < -0.4 is 5.73 Å². The minimum atomic E-state index is 0.757. The summed E-state index contributed by atoms with van der Waals surface area (Å²) in [6.07, 6.45) is 0. The minimum absolute atomic E-state index is 0.757. The van der Waals surface area contributed by atoms with E-state index in [1.54, 1.807) is 0 Å².